The molecule has 3 rings (SSSR count). The molecular formula is C15H11F2NO2. The van der Waals surface area contributed by atoms with Gasteiger partial charge in [0.1, 0.15) is 24.0 Å². The van der Waals surface area contributed by atoms with Crippen LogP contribution in [0, 0.1) is 11.6 Å². The van der Waals surface area contributed by atoms with Gasteiger partial charge in [0, 0.05) is 11.6 Å². The van der Waals surface area contributed by atoms with E-state index >= 15 is 0 Å². The SMILES string of the molecule is O=C(c1cccc(F)c1)N1CCOc2ccc(F)cc21. The Balaban J connectivity index is 2.00. The van der Waals surface area contributed by atoms with Crippen molar-refractivity contribution in [3.8, 4) is 5.75 Å². The first-order valence-corrected chi connectivity index (χ1v) is 6.15. The highest BCUT2D eigenvalue weighted by molar-refractivity contribution is 6.07. The zero-order valence-corrected chi connectivity index (χ0v) is 10.5. The fraction of sp³-hybridized carbons (Fsp3) is 0.133. The third-order valence-corrected chi connectivity index (χ3v) is 3.10. The zero-order valence-electron chi connectivity index (χ0n) is 10.5. The molecule has 5 heteroatoms. The number of benzene rings is 2. The number of hydrogen-bond acceptors (Lipinski definition) is 2. The Labute approximate surface area is 114 Å². The van der Waals surface area contributed by atoms with E-state index in [1.54, 1.807) is 0 Å². The second-order valence-electron chi connectivity index (χ2n) is 4.43. The van der Waals surface area contributed by atoms with Gasteiger partial charge in [0.05, 0.1) is 12.2 Å². The van der Waals surface area contributed by atoms with Crippen LogP contribution in [0.2, 0.25) is 0 Å². The van der Waals surface area contributed by atoms with E-state index in [1.165, 1.54) is 41.3 Å². The molecule has 2 aromatic carbocycles. The van der Waals surface area contributed by atoms with Crippen LogP contribution >= 0.6 is 0 Å². The van der Waals surface area contributed by atoms with Crippen LogP contribution in [0.1, 0.15) is 10.4 Å². The Morgan fingerprint density at radius 3 is 2.70 bits per heavy atom. The molecule has 102 valence electrons. The standard InChI is InChI=1S/C15H11F2NO2/c16-11-3-1-2-10(8-11)15(19)18-6-7-20-14-5-4-12(17)9-13(14)18/h1-5,8-9H,6-7H2. The molecule has 0 bridgehead atoms. The Morgan fingerprint density at radius 1 is 1.10 bits per heavy atom. The fourth-order valence-electron chi connectivity index (χ4n) is 2.18. The van der Waals surface area contributed by atoms with Gasteiger partial charge in [-0.05, 0) is 30.3 Å². The number of fused-ring (bicyclic) bond motifs is 1. The Morgan fingerprint density at radius 2 is 1.90 bits per heavy atom. The van der Waals surface area contributed by atoms with Crippen LogP contribution in [0.3, 0.4) is 0 Å². The van der Waals surface area contributed by atoms with Crippen LogP contribution in [-0.4, -0.2) is 19.1 Å². The number of carbonyl (C=O) groups is 1. The minimum Gasteiger partial charge on any atom is -0.490 e. The monoisotopic (exact) mass is 275 g/mol. The van der Waals surface area contributed by atoms with E-state index in [-0.39, 0.29) is 11.5 Å². The second kappa shape index (κ2) is 4.92. The van der Waals surface area contributed by atoms with Crippen molar-refractivity contribution in [3.05, 3.63) is 59.7 Å². The summed E-state index contributed by atoms with van der Waals surface area (Å²) in [4.78, 5) is 13.8. The van der Waals surface area contributed by atoms with E-state index in [1.807, 2.05) is 0 Å². The molecule has 3 nitrogen and oxygen atoms in total. The summed E-state index contributed by atoms with van der Waals surface area (Å²) >= 11 is 0. The number of ether oxygens (including phenoxy) is 1. The minimum absolute atomic E-state index is 0.224. The normalized spacial score (nSPS) is 13.6. The third kappa shape index (κ3) is 2.22. The summed E-state index contributed by atoms with van der Waals surface area (Å²) in [6, 6.07) is 9.42. The first-order valence-electron chi connectivity index (χ1n) is 6.15. The van der Waals surface area contributed by atoms with Gasteiger partial charge in [-0.1, -0.05) is 6.07 Å². The van der Waals surface area contributed by atoms with Crippen LogP contribution in [0.4, 0.5) is 14.5 Å². The molecular weight excluding hydrogens is 264 g/mol. The van der Waals surface area contributed by atoms with E-state index in [9.17, 15) is 13.6 Å². The fourth-order valence-corrected chi connectivity index (χ4v) is 2.18. The molecule has 0 saturated heterocycles. The van der Waals surface area contributed by atoms with Crippen molar-refractivity contribution in [1.29, 1.82) is 0 Å². The Kier molecular flexibility index (Phi) is 3.10. The molecule has 0 unspecified atom stereocenters. The lowest BCUT2D eigenvalue weighted by Gasteiger charge is -2.29. The lowest BCUT2D eigenvalue weighted by molar-refractivity contribution is 0.0976. The summed E-state index contributed by atoms with van der Waals surface area (Å²) in [6.45, 7) is 0.617. The van der Waals surface area contributed by atoms with Gasteiger partial charge in [-0.2, -0.15) is 0 Å². The van der Waals surface area contributed by atoms with Gasteiger partial charge in [0.15, 0.2) is 0 Å². The first kappa shape index (κ1) is 12.6. The van der Waals surface area contributed by atoms with Gasteiger partial charge in [-0.15, -0.1) is 0 Å². The largest absolute Gasteiger partial charge is 0.490 e. The number of nitrogens with zero attached hydrogens (tertiary/aromatic N) is 1. The molecule has 20 heavy (non-hydrogen) atoms. The minimum atomic E-state index is -0.483. The van der Waals surface area contributed by atoms with Crippen molar-refractivity contribution in [3.63, 3.8) is 0 Å². The highest BCUT2D eigenvalue weighted by Crippen LogP contribution is 2.33. The van der Waals surface area contributed by atoms with Crippen molar-refractivity contribution in [2.45, 2.75) is 0 Å². The second-order valence-corrected chi connectivity index (χ2v) is 4.43. The van der Waals surface area contributed by atoms with E-state index in [0.29, 0.717) is 24.6 Å². The van der Waals surface area contributed by atoms with E-state index in [4.69, 9.17) is 4.74 Å². The summed E-state index contributed by atoms with van der Waals surface area (Å²) < 4.78 is 31.9. The van der Waals surface area contributed by atoms with Crippen molar-refractivity contribution in [2.24, 2.45) is 0 Å². The van der Waals surface area contributed by atoms with E-state index < -0.39 is 11.6 Å². The van der Waals surface area contributed by atoms with Gasteiger partial charge in [0.2, 0.25) is 0 Å². The van der Waals surface area contributed by atoms with Gasteiger partial charge in [0.25, 0.3) is 5.91 Å². The van der Waals surface area contributed by atoms with Gasteiger partial charge < -0.3 is 9.64 Å². The maximum Gasteiger partial charge on any atom is 0.258 e. The summed E-state index contributed by atoms with van der Waals surface area (Å²) in [6.07, 6.45) is 0. The number of rotatable bonds is 1. The van der Waals surface area contributed by atoms with Crippen LogP contribution in [-0.2, 0) is 0 Å². The third-order valence-electron chi connectivity index (χ3n) is 3.10. The number of anilines is 1. The summed E-state index contributed by atoms with van der Waals surface area (Å²) in [5, 5.41) is 0. The van der Waals surface area contributed by atoms with E-state index in [0.717, 1.165) is 6.07 Å². The molecule has 1 amide bonds. The molecule has 0 aromatic heterocycles. The van der Waals surface area contributed by atoms with Crippen LogP contribution in [0.15, 0.2) is 42.5 Å². The van der Waals surface area contributed by atoms with Crippen LogP contribution in [0.5, 0.6) is 5.75 Å². The van der Waals surface area contributed by atoms with Crippen molar-refractivity contribution >= 4 is 11.6 Å². The summed E-state index contributed by atoms with van der Waals surface area (Å²) in [5.41, 5.74) is 0.590. The molecule has 0 saturated carbocycles. The quantitative estimate of drug-likeness (QED) is 0.800. The van der Waals surface area contributed by atoms with Gasteiger partial charge in [-0.3, -0.25) is 4.79 Å². The number of amides is 1. The highest BCUT2D eigenvalue weighted by Gasteiger charge is 2.25. The predicted molar refractivity (Wildman–Crippen MR) is 70.0 cm³/mol. The van der Waals surface area contributed by atoms with Gasteiger partial charge in [-0.25, -0.2) is 8.78 Å². The highest BCUT2D eigenvalue weighted by atomic mass is 19.1. The average molecular weight is 275 g/mol. The Hall–Kier alpha value is -2.43. The predicted octanol–water partition coefficient (Wildman–Crippen LogP) is 3.00. The van der Waals surface area contributed by atoms with Gasteiger partial charge >= 0.3 is 0 Å². The number of halogens is 2. The molecule has 1 aliphatic heterocycles. The lowest BCUT2D eigenvalue weighted by atomic mass is 10.1. The molecule has 0 spiro atoms. The van der Waals surface area contributed by atoms with Crippen molar-refractivity contribution < 1.29 is 18.3 Å². The molecule has 0 aliphatic carbocycles. The summed E-state index contributed by atoms with van der Waals surface area (Å²) in [5.74, 6) is -0.864. The lowest BCUT2D eigenvalue weighted by Crippen LogP contribution is -2.38. The average Bonchev–Trinajstić information content (AvgIpc) is 2.46. The number of hydrogen-bond donors (Lipinski definition) is 0. The van der Waals surface area contributed by atoms with E-state index in [2.05, 4.69) is 0 Å². The van der Waals surface area contributed by atoms with Crippen LogP contribution in [0.25, 0.3) is 0 Å². The molecule has 0 fully saturated rings. The molecule has 2 aromatic rings. The van der Waals surface area contributed by atoms with Crippen molar-refractivity contribution in [1.82, 2.24) is 0 Å². The smallest absolute Gasteiger partial charge is 0.258 e. The maximum absolute atomic E-state index is 13.3. The molecule has 1 aliphatic rings. The molecule has 1 heterocycles. The molecule has 0 radical (unpaired) electrons. The first-order chi connectivity index (χ1) is 9.65. The maximum atomic E-state index is 13.3. The van der Waals surface area contributed by atoms with Crippen molar-refractivity contribution in [2.75, 3.05) is 18.1 Å². The number of carbonyl (C=O) groups excluding carboxylic acids is 1. The van der Waals surface area contributed by atoms with Crippen LogP contribution < -0.4 is 9.64 Å². The zero-order chi connectivity index (χ0) is 14.1. The summed E-state index contributed by atoms with van der Waals surface area (Å²) in [7, 11) is 0. The topological polar surface area (TPSA) is 29.5 Å². The molecule has 0 atom stereocenters. The molecule has 0 N–H and O–H groups in total. The Bertz CT molecular complexity index is 673.